The summed E-state index contributed by atoms with van der Waals surface area (Å²) in [5.74, 6) is 2.30. The Bertz CT molecular complexity index is 360. The Kier molecular flexibility index (Phi) is 4.11. The molecule has 0 saturated carbocycles. The van der Waals surface area contributed by atoms with Gasteiger partial charge in [-0.1, -0.05) is 37.3 Å². The van der Waals surface area contributed by atoms with Crippen LogP contribution in [-0.4, -0.2) is 20.7 Å². The maximum atomic E-state index is 11.1. The fraction of sp³-hybridized carbons (Fsp3) is 0.571. The molecule has 0 radical (unpaired) electrons. The number of hydrogen-bond acceptors (Lipinski definition) is 3. The van der Waals surface area contributed by atoms with Crippen LogP contribution in [0.2, 0.25) is 0 Å². The minimum Gasteiger partial charge on any atom is -0.383 e. The van der Waals surface area contributed by atoms with Crippen LogP contribution >= 0.6 is 23.5 Å². The van der Waals surface area contributed by atoms with E-state index in [-0.39, 0.29) is 4.08 Å². The van der Waals surface area contributed by atoms with Crippen LogP contribution in [0.25, 0.3) is 0 Å². The lowest BCUT2D eigenvalue weighted by Crippen LogP contribution is -2.46. The highest BCUT2D eigenvalue weighted by Crippen LogP contribution is 2.54. The Morgan fingerprint density at radius 1 is 1.24 bits per heavy atom. The zero-order valence-corrected chi connectivity index (χ0v) is 12.1. The fourth-order valence-corrected chi connectivity index (χ4v) is 5.75. The van der Waals surface area contributed by atoms with E-state index in [1.165, 1.54) is 6.42 Å². The van der Waals surface area contributed by atoms with Crippen molar-refractivity contribution in [2.75, 3.05) is 11.5 Å². The predicted octanol–water partition coefficient (Wildman–Crippen LogP) is 3.87. The number of hydrogen-bond donors (Lipinski definition) is 1. The van der Waals surface area contributed by atoms with Crippen LogP contribution in [0.15, 0.2) is 30.3 Å². The molecule has 0 spiro atoms. The molecule has 2 rings (SSSR count). The third-order valence-electron chi connectivity index (χ3n) is 3.56. The molecule has 1 fully saturated rings. The summed E-state index contributed by atoms with van der Waals surface area (Å²) in [5, 5.41) is 11.1. The molecule has 3 heteroatoms. The van der Waals surface area contributed by atoms with Crippen LogP contribution < -0.4 is 0 Å². The maximum absolute atomic E-state index is 11.1. The van der Waals surface area contributed by atoms with Crippen molar-refractivity contribution in [3.63, 3.8) is 0 Å². The van der Waals surface area contributed by atoms with Crippen molar-refractivity contribution in [2.24, 2.45) is 0 Å². The first-order valence-electron chi connectivity index (χ1n) is 6.18. The van der Waals surface area contributed by atoms with Gasteiger partial charge in [-0.05, 0) is 36.8 Å². The average molecular weight is 268 g/mol. The summed E-state index contributed by atoms with van der Waals surface area (Å²) in [6, 6.07) is 10.1. The van der Waals surface area contributed by atoms with E-state index < -0.39 is 5.60 Å². The highest BCUT2D eigenvalue weighted by Gasteiger charge is 2.48. The minimum atomic E-state index is -0.732. The summed E-state index contributed by atoms with van der Waals surface area (Å²) < 4.78 is -0.124. The monoisotopic (exact) mass is 268 g/mol. The number of benzene rings is 1. The first-order valence-corrected chi connectivity index (χ1v) is 8.15. The van der Waals surface area contributed by atoms with Crippen molar-refractivity contribution in [1.29, 1.82) is 0 Å². The van der Waals surface area contributed by atoms with Crippen molar-refractivity contribution in [1.82, 2.24) is 0 Å². The van der Waals surface area contributed by atoms with E-state index in [9.17, 15) is 5.11 Å². The largest absolute Gasteiger partial charge is 0.383 e. The molecular weight excluding hydrogens is 248 g/mol. The zero-order chi connectivity index (χ0) is 12.4. The second-order valence-corrected chi connectivity index (χ2v) is 7.86. The Morgan fingerprint density at radius 3 is 2.35 bits per heavy atom. The molecule has 1 atom stereocenters. The van der Waals surface area contributed by atoms with E-state index in [1.54, 1.807) is 0 Å². The van der Waals surface area contributed by atoms with Gasteiger partial charge >= 0.3 is 0 Å². The van der Waals surface area contributed by atoms with Crippen LogP contribution in [0.1, 0.15) is 32.3 Å². The third kappa shape index (κ3) is 2.38. The molecule has 1 heterocycles. The fourth-order valence-electron chi connectivity index (χ4n) is 2.37. The van der Waals surface area contributed by atoms with Gasteiger partial charge in [0, 0.05) is 0 Å². The zero-order valence-electron chi connectivity index (χ0n) is 10.5. The molecular formula is C14H20OS2. The van der Waals surface area contributed by atoms with E-state index in [2.05, 4.69) is 13.8 Å². The lowest BCUT2D eigenvalue weighted by atomic mass is 9.88. The van der Waals surface area contributed by atoms with Gasteiger partial charge < -0.3 is 5.11 Å². The van der Waals surface area contributed by atoms with Crippen molar-refractivity contribution in [2.45, 2.75) is 36.4 Å². The Labute approximate surface area is 112 Å². The molecule has 1 aromatic carbocycles. The summed E-state index contributed by atoms with van der Waals surface area (Å²) in [6.45, 7) is 4.27. The average Bonchev–Trinajstić information content (AvgIpc) is 2.39. The highest BCUT2D eigenvalue weighted by molar-refractivity contribution is 8.18. The number of thioether (sulfide) groups is 2. The normalized spacial score (nSPS) is 23.0. The SMILES string of the molecule is CCC(O)(c1ccccc1)C1(C)SCCCS1. The first-order chi connectivity index (χ1) is 8.12. The van der Waals surface area contributed by atoms with E-state index in [0.717, 1.165) is 23.5 Å². The van der Waals surface area contributed by atoms with Crippen molar-refractivity contribution < 1.29 is 5.11 Å². The smallest absolute Gasteiger partial charge is 0.113 e. The van der Waals surface area contributed by atoms with Gasteiger partial charge in [-0.2, -0.15) is 0 Å². The Morgan fingerprint density at radius 2 is 1.82 bits per heavy atom. The molecule has 1 aliphatic heterocycles. The van der Waals surface area contributed by atoms with Gasteiger partial charge in [0.05, 0.1) is 4.08 Å². The van der Waals surface area contributed by atoms with Gasteiger partial charge in [0.25, 0.3) is 0 Å². The number of aliphatic hydroxyl groups is 1. The summed E-state index contributed by atoms with van der Waals surface area (Å²) in [7, 11) is 0. The summed E-state index contributed by atoms with van der Waals surface area (Å²) in [5.41, 5.74) is 0.316. The topological polar surface area (TPSA) is 20.2 Å². The van der Waals surface area contributed by atoms with Gasteiger partial charge in [-0.3, -0.25) is 0 Å². The lowest BCUT2D eigenvalue weighted by Gasteiger charge is -2.46. The van der Waals surface area contributed by atoms with Crippen LogP contribution in [0.5, 0.6) is 0 Å². The Hall–Kier alpha value is -0.120. The molecule has 1 unspecified atom stereocenters. The van der Waals surface area contributed by atoms with Crippen molar-refractivity contribution in [3.05, 3.63) is 35.9 Å². The van der Waals surface area contributed by atoms with Crippen LogP contribution in [-0.2, 0) is 5.60 Å². The van der Waals surface area contributed by atoms with E-state index in [1.807, 2.05) is 53.9 Å². The Balaban J connectivity index is 2.36. The van der Waals surface area contributed by atoms with Gasteiger partial charge in [0.2, 0.25) is 0 Å². The molecule has 1 aromatic rings. The summed E-state index contributed by atoms with van der Waals surface area (Å²) >= 11 is 3.81. The summed E-state index contributed by atoms with van der Waals surface area (Å²) in [6.07, 6.45) is 2.01. The van der Waals surface area contributed by atoms with Crippen molar-refractivity contribution >= 4 is 23.5 Å². The molecule has 0 amide bonds. The van der Waals surface area contributed by atoms with E-state index >= 15 is 0 Å². The van der Waals surface area contributed by atoms with Gasteiger partial charge in [-0.25, -0.2) is 0 Å². The molecule has 17 heavy (non-hydrogen) atoms. The molecule has 1 aliphatic rings. The molecule has 0 aliphatic carbocycles. The molecule has 0 bridgehead atoms. The van der Waals surface area contributed by atoms with Crippen molar-refractivity contribution in [3.8, 4) is 0 Å². The summed E-state index contributed by atoms with van der Waals surface area (Å²) in [4.78, 5) is 0. The van der Waals surface area contributed by atoms with E-state index in [4.69, 9.17) is 0 Å². The lowest BCUT2D eigenvalue weighted by molar-refractivity contribution is 0.0242. The molecule has 1 nitrogen and oxygen atoms in total. The molecule has 94 valence electrons. The van der Waals surface area contributed by atoms with Crippen LogP contribution in [0.3, 0.4) is 0 Å². The maximum Gasteiger partial charge on any atom is 0.113 e. The van der Waals surface area contributed by atoms with Crippen LogP contribution in [0, 0.1) is 0 Å². The third-order valence-corrected chi connectivity index (χ3v) is 7.03. The standard InChI is InChI=1S/C14H20OS2/c1-3-14(15,12-8-5-4-6-9-12)13(2)16-10-7-11-17-13/h4-6,8-9,15H,3,7,10-11H2,1-2H3. The van der Waals surface area contributed by atoms with Crippen LogP contribution in [0.4, 0.5) is 0 Å². The van der Waals surface area contributed by atoms with E-state index in [0.29, 0.717) is 0 Å². The first kappa shape index (κ1) is 13.3. The molecule has 0 aromatic heterocycles. The predicted molar refractivity (Wildman–Crippen MR) is 78.6 cm³/mol. The second-order valence-electron chi connectivity index (χ2n) is 4.58. The second kappa shape index (κ2) is 5.25. The van der Waals surface area contributed by atoms with Gasteiger partial charge in [-0.15, -0.1) is 23.5 Å². The van der Waals surface area contributed by atoms with Gasteiger partial charge in [0.1, 0.15) is 5.60 Å². The number of rotatable bonds is 3. The molecule has 1 N–H and O–H groups in total. The quantitative estimate of drug-likeness (QED) is 0.898. The highest BCUT2D eigenvalue weighted by atomic mass is 32.2. The van der Waals surface area contributed by atoms with Gasteiger partial charge in [0.15, 0.2) is 0 Å². The minimum absolute atomic E-state index is 0.124. The molecule has 1 saturated heterocycles.